The molecular weight excluding hydrogens is 219 g/mol. The molecule has 14 heavy (non-hydrogen) atoms. The summed E-state index contributed by atoms with van der Waals surface area (Å²) in [7, 11) is -4.64. The molecule has 4 atom stereocenters. The van der Waals surface area contributed by atoms with E-state index in [1.54, 1.807) is 0 Å². The first-order valence-electron chi connectivity index (χ1n) is 3.71. The number of aliphatic hydroxyl groups is 3. The van der Waals surface area contributed by atoms with Crippen molar-refractivity contribution < 1.29 is 38.9 Å². The van der Waals surface area contributed by atoms with Gasteiger partial charge >= 0.3 is 7.82 Å². The molecule has 1 heterocycles. The maximum atomic E-state index is 10.3. The van der Waals surface area contributed by atoms with Crippen LogP contribution in [0.1, 0.15) is 0 Å². The van der Waals surface area contributed by atoms with Crippen molar-refractivity contribution in [3.63, 3.8) is 0 Å². The molecule has 1 aliphatic rings. The summed E-state index contributed by atoms with van der Waals surface area (Å²) >= 11 is 0. The average Bonchev–Trinajstić information content (AvgIpc) is 2.28. The van der Waals surface area contributed by atoms with E-state index >= 15 is 0 Å². The van der Waals surface area contributed by atoms with Gasteiger partial charge in [0.2, 0.25) is 0 Å². The Labute approximate surface area is 78.9 Å². The maximum absolute atomic E-state index is 10.3. The summed E-state index contributed by atoms with van der Waals surface area (Å²) in [4.78, 5) is 16.6. The zero-order valence-corrected chi connectivity index (χ0v) is 7.82. The smallest absolute Gasteiger partial charge is 0.387 e. The average molecular weight is 230 g/mol. The van der Waals surface area contributed by atoms with Crippen molar-refractivity contribution in [3.8, 4) is 0 Å². The zero-order valence-electron chi connectivity index (χ0n) is 6.92. The normalized spacial score (nSPS) is 38.9. The fourth-order valence-corrected chi connectivity index (χ4v) is 1.38. The van der Waals surface area contributed by atoms with Gasteiger partial charge < -0.3 is 29.8 Å². The highest BCUT2D eigenvalue weighted by molar-refractivity contribution is 7.46. The Morgan fingerprint density at radius 3 is 2.14 bits per heavy atom. The molecule has 0 bridgehead atoms. The largest absolute Gasteiger partial charge is 0.469 e. The van der Waals surface area contributed by atoms with Gasteiger partial charge in [-0.3, -0.25) is 4.52 Å². The maximum Gasteiger partial charge on any atom is 0.469 e. The van der Waals surface area contributed by atoms with Crippen LogP contribution in [0.4, 0.5) is 0 Å². The van der Waals surface area contributed by atoms with Gasteiger partial charge in [-0.2, -0.15) is 0 Å². The Morgan fingerprint density at radius 1 is 1.21 bits per heavy atom. The lowest BCUT2D eigenvalue weighted by Crippen LogP contribution is -2.34. The minimum absolute atomic E-state index is 0.612. The van der Waals surface area contributed by atoms with E-state index in [-0.39, 0.29) is 0 Å². The lowest BCUT2D eigenvalue weighted by molar-refractivity contribution is -0.132. The first-order chi connectivity index (χ1) is 6.31. The number of aliphatic hydroxyl groups excluding tert-OH is 3. The molecule has 0 aromatic heterocycles. The molecule has 1 rings (SSSR count). The first kappa shape index (κ1) is 12.0. The Balaban J connectivity index is 2.44. The van der Waals surface area contributed by atoms with Gasteiger partial charge in [-0.1, -0.05) is 0 Å². The molecular formula is C5H11O8P. The molecule has 8 nitrogen and oxygen atoms in total. The number of rotatable bonds is 3. The summed E-state index contributed by atoms with van der Waals surface area (Å²) < 4.78 is 18.9. The van der Waals surface area contributed by atoms with Crippen LogP contribution in [0.15, 0.2) is 0 Å². The van der Waals surface area contributed by atoms with Crippen LogP contribution in [-0.4, -0.2) is 56.3 Å². The van der Waals surface area contributed by atoms with Gasteiger partial charge in [-0.25, -0.2) is 4.57 Å². The highest BCUT2D eigenvalue weighted by atomic mass is 31.2. The van der Waals surface area contributed by atoms with Crippen LogP contribution < -0.4 is 0 Å². The van der Waals surface area contributed by atoms with Crippen LogP contribution in [0.3, 0.4) is 0 Å². The van der Waals surface area contributed by atoms with Crippen molar-refractivity contribution in [1.29, 1.82) is 0 Å². The summed E-state index contributed by atoms with van der Waals surface area (Å²) in [5.41, 5.74) is 0. The summed E-state index contributed by atoms with van der Waals surface area (Å²) in [6, 6.07) is 0. The van der Waals surface area contributed by atoms with Crippen molar-refractivity contribution in [1.82, 2.24) is 0 Å². The summed E-state index contributed by atoms with van der Waals surface area (Å²) in [6.45, 7) is -0.612. The van der Waals surface area contributed by atoms with Gasteiger partial charge in [0.15, 0.2) is 6.29 Å². The number of hydrogen-bond donors (Lipinski definition) is 5. The molecule has 1 saturated heterocycles. The molecule has 0 spiro atoms. The topological polar surface area (TPSA) is 137 Å². The van der Waals surface area contributed by atoms with E-state index in [9.17, 15) is 4.57 Å². The van der Waals surface area contributed by atoms with E-state index in [0.29, 0.717) is 0 Å². The zero-order chi connectivity index (χ0) is 10.9. The molecule has 0 aromatic carbocycles. The molecule has 0 aromatic rings. The second kappa shape index (κ2) is 4.21. The van der Waals surface area contributed by atoms with Crippen molar-refractivity contribution in [2.24, 2.45) is 0 Å². The van der Waals surface area contributed by atoms with Crippen LogP contribution >= 0.6 is 7.82 Å². The summed E-state index contributed by atoms with van der Waals surface area (Å²) in [6.07, 6.45) is -5.67. The van der Waals surface area contributed by atoms with E-state index in [2.05, 4.69) is 9.26 Å². The van der Waals surface area contributed by atoms with Gasteiger partial charge in [0.1, 0.15) is 18.3 Å². The monoisotopic (exact) mass is 230 g/mol. The minimum Gasteiger partial charge on any atom is -0.387 e. The second-order valence-corrected chi connectivity index (χ2v) is 4.07. The molecule has 0 aliphatic carbocycles. The van der Waals surface area contributed by atoms with E-state index in [1.165, 1.54) is 0 Å². The second-order valence-electron chi connectivity index (χ2n) is 2.83. The molecule has 1 unspecified atom stereocenters. The lowest BCUT2D eigenvalue weighted by atomic mass is 10.1. The Hall–Kier alpha value is -0.0500. The van der Waals surface area contributed by atoms with Crippen molar-refractivity contribution in [2.45, 2.75) is 24.6 Å². The highest BCUT2D eigenvalue weighted by Crippen LogP contribution is 2.36. The van der Waals surface area contributed by atoms with Gasteiger partial charge in [-0.05, 0) is 0 Å². The number of hydrogen-bond acceptors (Lipinski definition) is 6. The minimum atomic E-state index is -4.64. The molecule has 0 amide bonds. The standard InChI is InChI=1S/C5H11O8P/c6-3-2(1-12-14(9,10)11)13-5(8)4(3)7/h2-8H,1H2,(H2,9,10,11)/t2-,3?,4+,5-/m1/s1. The molecule has 1 aliphatic heterocycles. The highest BCUT2D eigenvalue weighted by Gasteiger charge is 2.42. The van der Waals surface area contributed by atoms with Crippen molar-refractivity contribution in [2.75, 3.05) is 6.61 Å². The van der Waals surface area contributed by atoms with Crippen LogP contribution in [-0.2, 0) is 13.8 Å². The lowest BCUT2D eigenvalue weighted by Gasteiger charge is -2.14. The van der Waals surface area contributed by atoms with Crippen LogP contribution in [0.2, 0.25) is 0 Å². The molecule has 0 radical (unpaired) electrons. The first-order valence-corrected chi connectivity index (χ1v) is 5.24. The van der Waals surface area contributed by atoms with Gasteiger partial charge in [0.25, 0.3) is 0 Å². The molecule has 0 saturated carbocycles. The quantitative estimate of drug-likeness (QED) is 0.336. The molecule has 1 fully saturated rings. The Kier molecular flexibility index (Phi) is 3.62. The third-order valence-corrected chi connectivity index (χ3v) is 2.23. The summed E-state index contributed by atoms with van der Waals surface area (Å²) in [5, 5.41) is 27.0. The third kappa shape index (κ3) is 2.97. The van der Waals surface area contributed by atoms with E-state index in [0.717, 1.165) is 0 Å². The van der Waals surface area contributed by atoms with Crippen LogP contribution in [0.5, 0.6) is 0 Å². The predicted octanol–water partition coefficient (Wildman–Crippen LogP) is -2.47. The van der Waals surface area contributed by atoms with E-state index in [4.69, 9.17) is 25.1 Å². The molecule has 84 valence electrons. The summed E-state index contributed by atoms with van der Waals surface area (Å²) in [5.74, 6) is 0. The predicted molar refractivity (Wildman–Crippen MR) is 40.9 cm³/mol. The SMILES string of the molecule is O=P(O)(O)OC[C@H]1O[C@@H](O)[C@@H](O)C1O. The van der Waals surface area contributed by atoms with Gasteiger partial charge in [0, 0.05) is 0 Å². The van der Waals surface area contributed by atoms with Gasteiger partial charge in [0.05, 0.1) is 6.61 Å². The van der Waals surface area contributed by atoms with Gasteiger partial charge in [-0.15, -0.1) is 0 Å². The van der Waals surface area contributed by atoms with Crippen LogP contribution in [0, 0.1) is 0 Å². The Morgan fingerprint density at radius 2 is 1.79 bits per heavy atom. The number of phosphoric ester groups is 1. The van der Waals surface area contributed by atoms with E-state index in [1.807, 2.05) is 0 Å². The van der Waals surface area contributed by atoms with Crippen LogP contribution in [0.25, 0.3) is 0 Å². The molecule has 9 heteroatoms. The van der Waals surface area contributed by atoms with E-state index < -0.39 is 39.0 Å². The third-order valence-electron chi connectivity index (χ3n) is 1.74. The number of phosphoric acid groups is 1. The fraction of sp³-hybridized carbons (Fsp3) is 1.00. The Bertz CT molecular complexity index is 238. The molecule has 5 N–H and O–H groups in total. The fourth-order valence-electron chi connectivity index (χ4n) is 1.04. The van der Waals surface area contributed by atoms with Crippen molar-refractivity contribution in [3.05, 3.63) is 0 Å². The van der Waals surface area contributed by atoms with Crippen molar-refractivity contribution >= 4 is 7.82 Å². The number of ether oxygens (including phenoxy) is 1.